The van der Waals surface area contributed by atoms with Gasteiger partial charge in [0.15, 0.2) is 0 Å². The summed E-state index contributed by atoms with van der Waals surface area (Å²) < 4.78 is 5.71. The minimum absolute atomic E-state index is 0. The SMILES string of the molecule is CC(C)CC(C)OCCC(=O)N1CCNC(C)C1C.Cl. The van der Waals surface area contributed by atoms with E-state index in [2.05, 4.69) is 39.9 Å². The number of hydrogen-bond acceptors (Lipinski definition) is 3. The van der Waals surface area contributed by atoms with Crippen molar-refractivity contribution in [1.29, 1.82) is 0 Å². The highest BCUT2D eigenvalue weighted by molar-refractivity contribution is 5.85. The lowest BCUT2D eigenvalue weighted by Gasteiger charge is -2.38. The van der Waals surface area contributed by atoms with Crippen molar-refractivity contribution in [2.24, 2.45) is 5.92 Å². The lowest BCUT2D eigenvalue weighted by Crippen LogP contribution is -2.57. The molecule has 1 aliphatic rings. The van der Waals surface area contributed by atoms with E-state index in [9.17, 15) is 4.79 Å². The number of rotatable bonds is 6. The van der Waals surface area contributed by atoms with Gasteiger partial charge in [0.2, 0.25) is 5.91 Å². The molecule has 0 spiro atoms. The van der Waals surface area contributed by atoms with Crippen molar-refractivity contribution in [3.8, 4) is 0 Å². The van der Waals surface area contributed by atoms with E-state index in [0.29, 0.717) is 25.0 Å². The molecule has 0 bridgehead atoms. The molecule has 1 N–H and O–H groups in total. The number of nitrogens with one attached hydrogen (secondary N) is 1. The summed E-state index contributed by atoms with van der Waals surface area (Å²) in [7, 11) is 0. The Morgan fingerprint density at radius 2 is 2.00 bits per heavy atom. The smallest absolute Gasteiger partial charge is 0.225 e. The second kappa shape index (κ2) is 9.59. The Balaban J connectivity index is 0.00000361. The fourth-order valence-corrected chi connectivity index (χ4v) is 2.63. The van der Waals surface area contributed by atoms with Crippen LogP contribution in [0.15, 0.2) is 0 Å². The summed E-state index contributed by atoms with van der Waals surface area (Å²) >= 11 is 0. The molecule has 0 aromatic carbocycles. The average molecular weight is 307 g/mol. The zero-order valence-corrected chi connectivity index (χ0v) is 14.3. The maximum absolute atomic E-state index is 12.2. The van der Waals surface area contributed by atoms with Crippen molar-refractivity contribution < 1.29 is 9.53 Å². The van der Waals surface area contributed by atoms with Gasteiger partial charge in [-0.2, -0.15) is 0 Å². The minimum atomic E-state index is 0. The van der Waals surface area contributed by atoms with E-state index in [1.807, 2.05) is 4.90 Å². The normalized spacial score (nSPS) is 24.4. The highest BCUT2D eigenvalue weighted by Crippen LogP contribution is 2.12. The van der Waals surface area contributed by atoms with Crippen LogP contribution < -0.4 is 5.32 Å². The first-order valence-electron chi connectivity index (χ1n) is 7.56. The van der Waals surface area contributed by atoms with Crippen molar-refractivity contribution in [3.63, 3.8) is 0 Å². The molecule has 0 radical (unpaired) electrons. The lowest BCUT2D eigenvalue weighted by molar-refractivity contribution is -0.136. The van der Waals surface area contributed by atoms with Crippen LogP contribution in [0.25, 0.3) is 0 Å². The van der Waals surface area contributed by atoms with Gasteiger partial charge in [-0.25, -0.2) is 0 Å². The van der Waals surface area contributed by atoms with Crippen molar-refractivity contribution in [1.82, 2.24) is 10.2 Å². The quantitative estimate of drug-likeness (QED) is 0.819. The molecule has 5 heteroatoms. The third-order valence-electron chi connectivity index (χ3n) is 3.88. The summed E-state index contributed by atoms with van der Waals surface area (Å²) in [5, 5.41) is 3.39. The lowest BCUT2D eigenvalue weighted by atomic mass is 10.1. The van der Waals surface area contributed by atoms with Gasteiger partial charge in [0.05, 0.1) is 19.1 Å². The van der Waals surface area contributed by atoms with E-state index in [4.69, 9.17) is 4.74 Å². The fraction of sp³-hybridized carbons (Fsp3) is 0.933. The number of halogens is 1. The van der Waals surface area contributed by atoms with Crippen LogP contribution in [0.2, 0.25) is 0 Å². The van der Waals surface area contributed by atoms with Gasteiger partial charge in [0.25, 0.3) is 0 Å². The van der Waals surface area contributed by atoms with Gasteiger partial charge in [0, 0.05) is 25.2 Å². The van der Waals surface area contributed by atoms with Gasteiger partial charge in [-0.3, -0.25) is 4.79 Å². The van der Waals surface area contributed by atoms with E-state index in [1.165, 1.54) is 0 Å². The number of carbonyl (C=O) groups excluding carboxylic acids is 1. The van der Waals surface area contributed by atoms with Crippen LogP contribution in [0.4, 0.5) is 0 Å². The van der Waals surface area contributed by atoms with Crippen molar-refractivity contribution in [2.75, 3.05) is 19.7 Å². The molecule has 120 valence electrons. The van der Waals surface area contributed by atoms with Crippen molar-refractivity contribution in [3.05, 3.63) is 0 Å². The molecule has 1 saturated heterocycles. The third-order valence-corrected chi connectivity index (χ3v) is 3.88. The molecule has 1 aliphatic heterocycles. The van der Waals surface area contributed by atoms with Gasteiger partial charge >= 0.3 is 0 Å². The van der Waals surface area contributed by atoms with Gasteiger partial charge in [0.1, 0.15) is 0 Å². The summed E-state index contributed by atoms with van der Waals surface area (Å²) in [5.74, 6) is 0.859. The molecule has 0 aliphatic carbocycles. The first kappa shape index (κ1) is 19.7. The maximum atomic E-state index is 12.2. The fourth-order valence-electron chi connectivity index (χ4n) is 2.63. The second-order valence-corrected chi connectivity index (χ2v) is 6.13. The molecule has 0 aromatic heterocycles. The zero-order valence-electron chi connectivity index (χ0n) is 13.5. The molecule has 3 unspecified atom stereocenters. The minimum Gasteiger partial charge on any atom is -0.378 e. The summed E-state index contributed by atoms with van der Waals surface area (Å²) in [4.78, 5) is 14.2. The Labute approximate surface area is 130 Å². The second-order valence-electron chi connectivity index (χ2n) is 6.13. The van der Waals surface area contributed by atoms with Gasteiger partial charge < -0.3 is 15.0 Å². The Bertz CT molecular complexity index is 287. The van der Waals surface area contributed by atoms with Gasteiger partial charge in [-0.1, -0.05) is 13.8 Å². The monoisotopic (exact) mass is 306 g/mol. The Morgan fingerprint density at radius 1 is 1.35 bits per heavy atom. The molecule has 1 amide bonds. The van der Waals surface area contributed by atoms with Crippen LogP contribution in [0, 0.1) is 5.92 Å². The highest BCUT2D eigenvalue weighted by atomic mass is 35.5. The number of amides is 1. The Morgan fingerprint density at radius 3 is 2.60 bits per heavy atom. The zero-order chi connectivity index (χ0) is 14.4. The highest BCUT2D eigenvalue weighted by Gasteiger charge is 2.27. The van der Waals surface area contributed by atoms with Crippen LogP contribution >= 0.6 is 12.4 Å². The molecule has 4 nitrogen and oxygen atoms in total. The van der Waals surface area contributed by atoms with Crippen LogP contribution in [0.3, 0.4) is 0 Å². The molecule has 3 atom stereocenters. The Kier molecular flexibility index (Phi) is 9.43. The number of hydrogen-bond donors (Lipinski definition) is 1. The van der Waals surface area contributed by atoms with E-state index >= 15 is 0 Å². The topological polar surface area (TPSA) is 41.6 Å². The standard InChI is InChI=1S/C15H30N2O2.ClH/c1-11(2)10-12(3)19-9-6-15(18)17-8-7-16-13(4)14(17)5;/h11-14,16H,6-10H2,1-5H3;1H. The number of nitrogens with zero attached hydrogens (tertiary/aromatic N) is 1. The van der Waals surface area contributed by atoms with Crippen molar-refractivity contribution >= 4 is 18.3 Å². The summed E-state index contributed by atoms with van der Waals surface area (Å²) in [5.41, 5.74) is 0. The van der Waals surface area contributed by atoms with Crippen LogP contribution in [0.5, 0.6) is 0 Å². The average Bonchev–Trinajstić information content (AvgIpc) is 2.31. The Hall–Kier alpha value is -0.320. The summed E-state index contributed by atoms with van der Waals surface area (Å²) in [6.07, 6.45) is 1.79. The first-order valence-corrected chi connectivity index (χ1v) is 7.56. The summed E-state index contributed by atoms with van der Waals surface area (Å²) in [6, 6.07) is 0.646. The van der Waals surface area contributed by atoms with Crippen LogP contribution in [-0.2, 0) is 9.53 Å². The molecule has 0 aromatic rings. The molecule has 0 saturated carbocycles. The number of piperazine rings is 1. The predicted molar refractivity (Wildman–Crippen MR) is 85.4 cm³/mol. The van der Waals surface area contributed by atoms with E-state index < -0.39 is 0 Å². The molecule has 1 rings (SSSR count). The largest absolute Gasteiger partial charge is 0.378 e. The molecule has 20 heavy (non-hydrogen) atoms. The number of carbonyl (C=O) groups is 1. The van der Waals surface area contributed by atoms with Crippen LogP contribution in [0.1, 0.15) is 47.5 Å². The van der Waals surface area contributed by atoms with Crippen molar-refractivity contribution in [2.45, 2.75) is 65.6 Å². The van der Waals surface area contributed by atoms with Gasteiger partial charge in [-0.05, 0) is 33.1 Å². The van der Waals surface area contributed by atoms with E-state index in [1.54, 1.807) is 0 Å². The molecule has 1 fully saturated rings. The third kappa shape index (κ3) is 6.42. The van der Waals surface area contributed by atoms with E-state index in [-0.39, 0.29) is 30.5 Å². The van der Waals surface area contributed by atoms with Gasteiger partial charge in [-0.15, -0.1) is 12.4 Å². The predicted octanol–water partition coefficient (Wildman–Crippen LogP) is 2.46. The molecule has 1 heterocycles. The first-order chi connectivity index (χ1) is 8.91. The van der Waals surface area contributed by atoms with Crippen LogP contribution in [-0.4, -0.2) is 48.7 Å². The summed E-state index contributed by atoms with van der Waals surface area (Å²) in [6.45, 7) is 12.9. The van der Waals surface area contributed by atoms with E-state index in [0.717, 1.165) is 19.5 Å². The number of ether oxygens (including phenoxy) is 1. The molecular formula is C15H31ClN2O2. The molecular weight excluding hydrogens is 276 g/mol. The maximum Gasteiger partial charge on any atom is 0.225 e.